The zero-order valence-corrected chi connectivity index (χ0v) is 7.32. The third-order valence-corrected chi connectivity index (χ3v) is 1.94. The summed E-state index contributed by atoms with van der Waals surface area (Å²) in [5, 5.41) is 13.6. The topological polar surface area (TPSA) is 46.3 Å². The van der Waals surface area contributed by atoms with E-state index >= 15 is 0 Å². The lowest BCUT2D eigenvalue weighted by Crippen LogP contribution is -1.75. The van der Waals surface area contributed by atoms with E-state index in [1.807, 2.05) is 0 Å². The lowest BCUT2D eigenvalue weighted by atomic mass is 10.1. The average molecular weight is 196 g/mol. The van der Waals surface area contributed by atoms with Crippen LogP contribution < -0.4 is 0 Å². The van der Waals surface area contributed by atoms with Crippen LogP contribution in [0.25, 0.3) is 11.1 Å². The molecule has 13 heavy (non-hydrogen) atoms. The maximum atomic E-state index is 9.48. The van der Waals surface area contributed by atoms with Gasteiger partial charge in [0.1, 0.15) is 12.0 Å². The van der Waals surface area contributed by atoms with E-state index in [9.17, 15) is 5.11 Å². The van der Waals surface area contributed by atoms with Crippen molar-refractivity contribution in [2.45, 2.75) is 0 Å². The number of aromatic hydroxyl groups is 1. The molecule has 0 bridgehead atoms. The second-order valence-corrected chi connectivity index (χ2v) is 3.01. The van der Waals surface area contributed by atoms with Gasteiger partial charge in [0.05, 0.1) is 6.20 Å². The number of phenolic OH excluding ortho intramolecular Hbond substituents is 1. The molecule has 0 atom stereocenters. The highest BCUT2D eigenvalue weighted by molar-refractivity contribution is 6.30. The van der Waals surface area contributed by atoms with Gasteiger partial charge in [-0.05, 0) is 18.2 Å². The minimum absolute atomic E-state index is 0.160. The van der Waals surface area contributed by atoms with Crippen LogP contribution in [-0.4, -0.2) is 10.3 Å². The number of hydrogen-bond donors (Lipinski definition) is 1. The summed E-state index contributed by atoms with van der Waals surface area (Å²) in [4.78, 5) is 0. The molecule has 0 amide bonds. The van der Waals surface area contributed by atoms with Gasteiger partial charge in [0, 0.05) is 16.1 Å². The Morgan fingerprint density at radius 3 is 2.92 bits per heavy atom. The van der Waals surface area contributed by atoms with Crippen LogP contribution in [0.3, 0.4) is 0 Å². The van der Waals surface area contributed by atoms with Crippen LogP contribution in [0.5, 0.6) is 5.75 Å². The van der Waals surface area contributed by atoms with Crippen molar-refractivity contribution < 1.29 is 9.63 Å². The van der Waals surface area contributed by atoms with Gasteiger partial charge >= 0.3 is 0 Å². The van der Waals surface area contributed by atoms with E-state index < -0.39 is 0 Å². The van der Waals surface area contributed by atoms with Gasteiger partial charge in [-0.25, -0.2) is 0 Å². The van der Waals surface area contributed by atoms with E-state index in [0.29, 0.717) is 16.1 Å². The summed E-state index contributed by atoms with van der Waals surface area (Å²) < 4.78 is 4.66. The maximum Gasteiger partial charge on any atom is 0.131 e. The first-order valence-electron chi connectivity index (χ1n) is 3.65. The minimum atomic E-state index is 0.160. The molecule has 0 saturated carbocycles. The van der Waals surface area contributed by atoms with E-state index in [4.69, 9.17) is 11.6 Å². The molecule has 3 nitrogen and oxygen atoms in total. The van der Waals surface area contributed by atoms with E-state index in [-0.39, 0.29) is 5.75 Å². The van der Waals surface area contributed by atoms with Gasteiger partial charge in [0.25, 0.3) is 0 Å². The molecule has 1 heterocycles. The summed E-state index contributed by atoms with van der Waals surface area (Å²) in [6, 6.07) is 4.81. The zero-order valence-electron chi connectivity index (χ0n) is 6.57. The van der Waals surface area contributed by atoms with Crippen LogP contribution >= 0.6 is 11.6 Å². The molecular weight excluding hydrogens is 190 g/mol. The second-order valence-electron chi connectivity index (χ2n) is 2.57. The Morgan fingerprint density at radius 1 is 1.38 bits per heavy atom. The fourth-order valence-corrected chi connectivity index (χ4v) is 1.25. The van der Waals surface area contributed by atoms with E-state index in [1.165, 1.54) is 18.5 Å². The molecule has 2 aromatic rings. The molecule has 0 aliphatic rings. The van der Waals surface area contributed by atoms with E-state index in [1.54, 1.807) is 12.1 Å². The number of phenols is 1. The number of benzene rings is 1. The molecule has 0 saturated heterocycles. The van der Waals surface area contributed by atoms with Gasteiger partial charge in [0.15, 0.2) is 0 Å². The minimum Gasteiger partial charge on any atom is -0.507 e. The van der Waals surface area contributed by atoms with Crippen LogP contribution in [0.1, 0.15) is 0 Å². The molecule has 1 aromatic heterocycles. The Hall–Kier alpha value is -1.48. The van der Waals surface area contributed by atoms with Gasteiger partial charge in [-0.1, -0.05) is 16.8 Å². The number of aromatic nitrogens is 1. The molecule has 4 heteroatoms. The smallest absolute Gasteiger partial charge is 0.131 e. The number of halogens is 1. The van der Waals surface area contributed by atoms with Crippen molar-refractivity contribution in [3.63, 3.8) is 0 Å². The third-order valence-electron chi connectivity index (χ3n) is 1.70. The first-order valence-corrected chi connectivity index (χ1v) is 4.03. The zero-order chi connectivity index (χ0) is 9.26. The Kier molecular flexibility index (Phi) is 1.94. The summed E-state index contributed by atoms with van der Waals surface area (Å²) in [5.41, 5.74) is 1.33. The van der Waals surface area contributed by atoms with Crippen molar-refractivity contribution in [2.75, 3.05) is 0 Å². The maximum absolute atomic E-state index is 9.48. The van der Waals surface area contributed by atoms with Crippen molar-refractivity contribution >= 4 is 11.6 Å². The molecular formula is C9H6ClNO2. The van der Waals surface area contributed by atoms with E-state index in [2.05, 4.69) is 9.68 Å². The number of hydrogen-bond acceptors (Lipinski definition) is 3. The van der Waals surface area contributed by atoms with Crippen LogP contribution in [0.2, 0.25) is 5.02 Å². The summed E-state index contributed by atoms with van der Waals surface area (Å²) in [7, 11) is 0. The molecule has 0 aliphatic carbocycles. The molecule has 0 radical (unpaired) electrons. The van der Waals surface area contributed by atoms with Gasteiger partial charge in [-0.3, -0.25) is 0 Å². The van der Waals surface area contributed by atoms with Crippen LogP contribution in [0.4, 0.5) is 0 Å². The molecule has 66 valence electrons. The first kappa shape index (κ1) is 8.13. The van der Waals surface area contributed by atoms with Crippen LogP contribution in [0, 0.1) is 0 Å². The van der Waals surface area contributed by atoms with Crippen molar-refractivity contribution in [3.05, 3.63) is 35.7 Å². The lowest BCUT2D eigenvalue weighted by Gasteiger charge is -2.00. The van der Waals surface area contributed by atoms with Crippen molar-refractivity contribution in [3.8, 4) is 16.9 Å². The summed E-state index contributed by atoms with van der Waals surface area (Å²) in [6.07, 6.45) is 2.97. The molecule has 0 spiro atoms. The highest BCUT2D eigenvalue weighted by Crippen LogP contribution is 2.30. The second kappa shape index (κ2) is 3.11. The molecule has 1 N–H and O–H groups in total. The molecule has 1 aromatic carbocycles. The molecule has 0 aliphatic heterocycles. The quantitative estimate of drug-likeness (QED) is 0.761. The monoisotopic (exact) mass is 195 g/mol. The highest BCUT2D eigenvalue weighted by atomic mass is 35.5. The molecule has 0 unspecified atom stereocenters. The SMILES string of the molecule is Oc1ccc(Cl)cc1-c1cnoc1. The van der Waals surface area contributed by atoms with Crippen LogP contribution in [0.15, 0.2) is 35.2 Å². The average Bonchev–Trinajstić information content (AvgIpc) is 2.61. The Balaban J connectivity index is 2.57. The Morgan fingerprint density at radius 2 is 2.23 bits per heavy atom. The fraction of sp³-hybridized carbons (Fsp3) is 0. The summed E-state index contributed by atoms with van der Waals surface area (Å²) in [5.74, 6) is 0.160. The van der Waals surface area contributed by atoms with Gasteiger partial charge in [-0.15, -0.1) is 0 Å². The fourth-order valence-electron chi connectivity index (χ4n) is 1.08. The number of rotatable bonds is 1. The Labute approximate surface area is 79.6 Å². The molecule has 0 fully saturated rings. The lowest BCUT2D eigenvalue weighted by molar-refractivity contribution is 0.420. The summed E-state index contributed by atoms with van der Waals surface area (Å²) >= 11 is 5.77. The van der Waals surface area contributed by atoms with Crippen molar-refractivity contribution in [1.29, 1.82) is 0 Å². The van der Waals surface area contributed by atoms with Crippen LogP contribution in [-0.2, 0) is 0 Å². The van der Waals surface area contributed by atoms with Gasteiger partial charge < -0.3 is 9.63 Å². The van der Waals surface area contributed by atoms with Gasteiger partial charge in [0.2, 0.25) is 0 Å². The summed E-state index contributed by atoms with van der Waals surface area (Å²) in [6.45, 7) is 0. The van der Waals surface area contributed by atoms with Crippen molar-refractivity contribution in [1.82, 2.24) is 5.16 Å². The Bertz CT molecular complexity index is 412. The predicted octanol–water partition coefficient (Wildman–Crippen LogP) is 2.70. The highest BCUT2D eigenvalue weighted by Gasteiger charge is 2.06. The van der Waals surface area contributed by atoms with Gasteiger partial charge in [-0.2, -0.15) is 0 Å². The normalized spacial score (nSPS) is 10.2. The van der Waals surface area contributed by atoms with E-state index in [0.717, 1.165) is 0 Å². The number of nitrogens with zero attached hydrogens (tertiary/aromatic N) is 1. The standard InChI is InChI=1S/C9H6ClNO2/c10-7-1-2-9(12)8(3-7)6-4-11-13-5-6/h1-5,12H. The third kappa shape index (κ3) is 1.51. The predicted molar refractivity (Wildman–Crippen MR) is 48.6 cm³/mol. The van der Waals surface area contributed by atoms with Crippen molar-refractivity contribution in [2.24, 2.45) is 0 Å². The first-order chi connectivity index (χ1) is 6.27. The largest absolute Gasteiger partial charge is 0.507 e. The molecule has 2 rings (SSSR count).